The lowest BCUT2D eigenvalue weighted by Gasteiger charge is -2.18. The minimum absolute atomic E-state index is 0.0188. The van der Waals surface area contributed by atoms with Crippen molar-refractivity contribution in [3.63, 3.8) is 0 Å². The Kier molecular flexibility index (Phi) is 4.40. The maximum absolute atomic E-state index is 12.8. The van der Waals surface area contributed by atoms with Gasteiger partial charge in [-0.3, -0.25) is 0 Å². The summed E-state index contributed by atoms with van der Waals surface area (Å²) in [5.41, 5.74) is -0.737. The second-order valence-electron chi connectivity index (χ2n) is 3.47. The molecule has 0 radical (unpaired) electrons. The SMILES string of the molecule is CCC(/C(Cl)=N\O)c1ccccc1C(F)(F)F. The van der Waals surface area contributed by atoms with E-state index in [1.165, 1.54) is 18.2 Å². The quantitative estimate of drug-likeness (QED) is 0.495. The van der Waals surface area contributed by atoms with Gasteiger partial charge in [0.2, 0.25) is 0 Å². The molecule has 0 aliphatic rings. The van der Waals surface area contributed by atoms with Crippen LogP contribution in [0.5, 0.6) is 0 Å². The molecule has 2 nitrogen and oxygen atoms in total. The predicted molar refractivity (Wildman–Crippen MR) is 59.6 cm³/mol. The molecule has 0 amide bonds. The molecule has 1 unspecified atom stereocenters. The summed E-state index contributed by atoms with van der Waals surface area (Å²) in [6.45, 7) is 1.67. The molecule has 0 bridgehead atoms. The lowest BCUT2D eigenvalue weighted by molar-refractivity contribution is -0.138. The number of rotatable bonds is 3. The van der Waals surface area contributed by atoms with Crippen LogP contribution in [-0.4, -0.2) is 10.4 Å². The smallest absolute Gasteiger partial charge is 0.410 e. The number of nitrogens with zero attached hydrogens (tertiary/aromatic N) is 1. The standard InChI is InChI=1S/C11H11ClF3NO/c1-2-7(10(12)16-17)8-5-3-4-6-9(8)11(13,14)15/h3-7,17H,2H2,1H3/b16-10+. The van der Waals surface area contributed by atoms with Crippen molar-refractivity contribution in [2.45, 2.75) is 25.4 Å². The second-order valence-corrected chi connectivity index (χ2v) is 3.86. The highest BCUT2D eigenvalue weighted by molar-refractivity contribution is 6.66. The van der Waals surface area contributed by atoms with E-state index < -0.39 is 17.7 Å². The summed E-state index contributed by atoms with van der Waals surface area (Å²) >= 11 is 5.62. The Labute approximate surface area is 102 Å². The molecule has 0 aliphatic carbocycles. The Morgan fingerprint density at radius 3 is 2.47 bits per heavy atom. The lowest BCUT2D eigenvalue weighted by Crippen LogP contribution is -2.15. The van der Waals surface area contributed by atoms with Gasteiger partial charge in [-0.25, -0.2) is 0 Å². The molecule has 0 heterocycles. The molecule has 94 valence electrons. The van der Waals surface area contributed by atoms with Gasteiger partial charge in [0.15, 0.2) is 5.17 Å². The molecule has 6 heteroatoms. The largest absolute Gasteiger partial charge is 0.416 e. The molecule has 0 fully saturated rings. The number of oxime groups is 1. The fourth-order valence-electron chi connectivity index (χ4n) is 1.65. The third-order valence-electron chi connectivity index (χ3n) is 2.43. The summed E-state index contributed by atoms with van der Waals surface area (Å²) < 4.78 is 38.3. The Balaban J connectivity index is 3.30. The van der Waals surface area contributed by atoms with Gasteiger partial charge in [-0.05, 0) is 18.1 Å². The number of hydrogen-bond acceptors (Lipinski definition) is 2. The molecule has 0 spiro atoms. The van der Waals surface area contributed by atoms with Crippen LogP contribution in [-0.2, 0) is 6.18 Å². The van der Waals surface area contributed by atoms with Crippen molar-refractivity contribution in [1.29, 1.82) is 0 Å². The third-order valence-corrected chi connectivity index (χ3v) is 2.77. The number of alkyl halides is 3. The molecule has 0 saturated carbocycles. The Morgan fingerprint density at radius 2 is 2.00 bits per heavy atom. The van der Waals surface area contributed by atoms with E-state index >= 15 is 0 Å². The van der Waals surface area contributed by atoms with Crippen LogP contribution in [0.15, 0.2) is 29.4 Å². The van der Waals surface area contributed by atoms with E-state index in [1.807, 2.05) is 0 Å². The van der Waals surface area contributed by atoms with Crippen LogP contribution in [0, 0.1) is 0 Å². The molecule has 1 aromatic carbocycles. The van der Waals surface area contributed by atoms with Crippen molar-refractivity contribution >= 4 is 16.8 Å². The minimum atomic E-state index is -4.45. The van der Waals surface area contributed by atoms with Crippen molar-refractivity contribution in [3.8, 4) is 0 Å². The van der Waals surface area contributed by atoms with E-state index in [0.29, 0.717) is 6.42 Å². The van der Waals surface area contributed by atoms with Crippen molar-refractivity contribution in [3.05, 3.63) is 35.4 Å². The summed E-state index contributed by atoms with van der Waals surface area (Å²) in [4.78, 5) is 0. The molecular formula is C11H11ClF3NO. The van der Waals surface area contributed by atoms with Gasteiger partial charge >= 0.3 is 6.18 Å². The van der Waals surface area contributed by atoms with Gasteiger partial charge < -0.3 is 5.21 Å². The summed E-state index contributed by atoms with van der Waals surface area (Å²) in [6.07, 6.45) is -4.13. The maximum Gasteiger partial charge on any atom is 0.416 e. The Bertz CT molecular complexity index is 417. The Hall–Kier alpha value is -1.23. The van der Waals surface area contributed by atoms with Crippen molar-refractivity contribution in [2.24, 2.45) is 5.16 Å². The first-order valence-corrected chi connectivity index (χ1v) is 5.33. The number of halogens is 4. The highest BCUT2D eigenvalue weighted by Crippen LogP contribution is 2.37. The molecule has 0 aromatic heterocycles. The van der Waals surface area contributed by atoms with Crippen LogP contribution < -0.4 is 0 Å². The highest BCUT2D eigenvalue weighted by atomic mass is 35.5. The van der Waals surface area contributed by atoms with Gasteiger partial charge in [0, 0.05) is 5.92 Å². The average Bonchev–Trinajstić information content (AvgIpc) is 2.29. The summed E-state index contributed by atoms with van der Waals surface area (Å²) in [7, 11) is 0. The Morgan fingerprint density at radius 1 is 1.41 bits per heavy atom. The van der Waals surface area contributed by atoms with Gasteiger partial charge in [-0.2, -0.15) is 13.2 Å². The van der Waals surface area contributed by atoms with Crippen LogP contribution in [0.25, 0.3) is 0 Å². The van der Waals surface area contributed by atoms with E-state index in [0.717, 1.165) is 6.07 Å². The van der Waals surface area contributed by atoms with Gasteiger partial charge in [-0.15, -0.1) is 0 Å². The number of benzene rings is 1. The first-order valence-electron chi connectivity index (χ1n) is 4.95. The zero-order valence-electron chi connectivity index (χ0n) is 9.00. The monoisotopic (exact) mass is 265 g/mol. The predicted octanol–water partition coefficient (Wildman–Crippen LogP) is 4.23. The van der Waals surface area contributed by atoms with Gasteiger partial charge in [0.25, 0.3) is 0 Å². The van der Waals surface area contributed by atoms with Gasteiger partial charge in [-0.1, -0.05) is 41.9 Å². The van der Waals surface area contributed by atoms with Crippen LogP contribution in [0.1, 0.15) is 30.4 Å². The van der Waals surface area contributed by atoms with E-state index in [1.54, 1.807) is 6.92 Å². The molecular weight excluding hydrogens is 255 g/mol. The highest BCUT2D eigenvalue weighted by Gasteiger charge is 2.35. The van der Waals surface area contributed by atoms with Crippen LogP contribution in [0.3, 0.4) is 0 Å². The maximum atomic E-state index is 12.8. The molecule has 1 N–H and O–H groups in total. The first-order chi connectivity index (χ1) is 7.91. The van der Waals surface area contributed by atoms with Crippen LogP contribution >= 0.6 is 11.6 Å². The molecule has 1 aromatic rings. The van der Waals surface area contributed by atoms with E-state index in [2.05, 4.69) is 5.16 Å². The van der Waals surface area contributed by atoms with E-state index in [4.69, 9.17) is 16.8 Å². The fourth-order valence-corrected chi connectivity index (χ4v) is 1.92. The van der Waals surface area contributed by atoms with Crippen molar-refractivity contribution in [1.82, 2.24) is 0 Å². The summed E-state index contributed by atoms with van der Waals surface area (Å²) in [6, 6.07) is 5.13. The summed E-state index contributed by atoms with van der Waals surface area (Å²) in [5.74, 6) is -0.750. The van der Waals surface area contributed by atoms with Gasteiger partial charge in [0.05, 0.1) is 5.56 Å². The van der Waals surface area contributed by atoms with Crippen molar-refractivity contribution in [2.75, 3.05) is 0 Å². The normalized spacial score (nSPS) is 14.8. The molecule has 1 rings (SSSR count). The van der Waals surface area contributed by atoms with Crippen LogP contribution in [0.4, 0.5) is 13.2 Å². The second kappa shape index (κ2) is 5.40. The summed E-state index contributed by atoms with van der Waals surface area (Å²) in [5, 5.41) is 11.1. The minimum Gasteiger partial charge on any atom is -0.410 e. The molecule has 17 heavy (non-hydrogen) atoms. The zero-order valence-corrected chi connectivity index (χ0v) is 9.76. The number of hydrogen-bond donors (Lipinski definition) is 1. The third kappa shape index (κ3) is 3.12. The van der Waals surface area contributed by atoms with Gasteiger partial charge in [0.1, 0.15) is 0 Å². The van der Waals surface area contributed by atoms with Crippen molar-refractivity contribution < 1.29 is 18.4 Å². The molecule has 1 atom stereocenters. The first kappa shape index (κ1) is 13.8. The topological polar surface area (TPSA) is 32.6 Å². The van der Waals surface area contributed by atoms with Crippen LogP contribution in [0.2, 0.25) is 0 Å². The molecule has 0 aliphatic heterocycles. The molecule has 0 saturated heterocycles. The van der Waals surface area contributed by atoms with E-state index in [9.17, 15) is 13.2 Å². The zero-order chi connectivity index (χ0) is 13.1. The average molecular weight is 266 g/mol. The van der Waals surface area contributed by atoms with E-state index in [-0.39, 0.29) is 10.7 Å². The lowest BCUT2D eigenvalue weighted by atomic mass is 9.92. The fraction of sp³-hybridized carbons (Fsp3) is 0.364.